The van der Waals surface area contributed by atoms with Crippen molar-refractivity contribution in [3.8, 4) is 11.4 Å². The average Bonchev–Trinajstić information content (AvgIpc) is 3.00. The summed E-state index contributed by atoms with van der Waals surface area (Å²) >= 11 is 6.04. The van der Waals surface area contributed by atoms with Crippen LogP contribution in [0.1, 0.15) is 41.9 Å². The summed E-state index contributed by atoms with van der Waals surface area (Å²) in [5.74, 6) is 0.788. The number of benzene rings is 2. The molecule has 6 heteroatoms. The minimum Gasteiger partial charge on any atom is -0.497 e. The van der Waals surface area contributed by atoms with E-state index in [2.05, 4.69) is 10.4 Å². The number of aromatic nitrogens is 2. The Balaban J connectivity index is 1.67. The second-order valence-corrected chi connectivity index (χ2v) is 7.54. The number of carbonyl (C=O) groups excluding carboxylic acids is 1. The largest absolute Gasteiger partial charge is 0.497 e. The van der Waals surface area contributed by atoms with Gasteiger partial charge >= 0.3 is 0 Å². The third-order valence-electron chi connectivity index (χ3n) is 5.07. The zero-order valence-corrected chi connectivity index (χ0v) is 18.0. The standard InChI is InChI=1S/C23H26ClN3O2/c1-15(18-7-5-8-19(24)13-18)25-23(28)12-11-22-16(2)26-27(17(22)3)20-9-6-10-21(14-20)29-4/h5-10,13-15H,11-12H2,1-4H3,(H,25,28)/t15-/m0/s1. The molecule has 0 aliphatic carbocycles. The molecule has 0 radical (unpaired) electrons. The SMILES string of the molecule is COc1cccc(-n2nc(C)c(CCC(=O)N[C@@H](C)c3cccc(Cl)c3)c2C)c1. The van der Waals surface area contributed by atoms with Gasteiger partial charge in [0.2, 0.25) is 5.91 Å². The van der Waals surface area contributed by atoms with Crippen molar-refractivity contribution in [3.63, 3.8) is 0 Å². The third kappa shape index (κ3) is 4.98. The fourth-order valence-electron chi connectivity index (χ4n) is 3.44. The number of hydrogen-bond donors (Lipinski definition) is 1. The number of carbonyl (C=O) groups is 1. The Morgan fingerprint density at radius 2 is 1.97 bits per heavy atom. The molecule has 0 fully saturated rings. The Labute approximate surface area is 176 Å². The summed E-state index contributed by atoms with van der Waals surface area (Å²) in [6, 6.07) is 15.2. The predicted molar refractivity (Wildman–Crippen MR) is 116 cm³/mol. The molecule has 0 unspecified atom stereocenters. The van der Waals surface area contributed by atoms with Crippen LogP contribution in [0.5, 0.6) is 5.75 Å². The second kappa shape index (κ2) is 9.14. The quantitative estimate of drug-likeness (QED) is 0.597. The van der Waals surface area contributed by atoms with E-state index in [0.29, 0.717) is 17.9 Å². The summed E-state index contributed by atoms with van der Waals surface area (Å²) in [7, 11) is 1.65. The first kappa shape index (κ1) is 20.9. The van der Waals surface area contributed by atoms with Crippen LogP contribution in [0.15, 0.2) is 48.5 Å². The smallest absolute Gasteiger partial charge is 0.220 e. The molecule has 1 N–H and O–H groups in total. The Hall–Kier alpha value is -2.79. The molecule has 0 saturated heterocycles. The van der Waals surface area contributed by atoms with E-state index < -0.39 is 0 Å². The van der Waals surface area contributed by atoms with E-state index in [1.165, 1.54) is 0 Å². The Kier molecular flexibility index (Phi) is 6.60. The van der Waals surface area contributed by atoms with Crippen LogP contribution >= 0.6 is 11.6 Å². The van der Waals surface area contributed by atoms with Crippen molar-refractivity contribution in [2.24, 2.45) is 0 Å². The van der Waals surface area contributed by atoms with Crippen molar-refractivity contribution in [2.45, 2.75) is 39.7 Å². The van der Waals surface area contributed by atoms with E-state index in [1.807, 2.05) is 74.0 Å². The molecule has 0 aliphatic rings. The zero-order valence-electron chi connectivity index (χ0n) is 17.2. The van der Waals surface area contributed by atoms with Gasteiger partial charge in [-0.1, -0.05) is 29.8 Å². The van der Waals surface area contributed by atoms with Crippen molar-refractivity contribution < 1.29 is 9.53 Å². The lowest BCUT2D eigenvalue weighted by atomic mass is 10.1. The molecule has 2 aromatic carbocycles. The van der Waals surface area contributed by atoms with Crippen molar-refractivity contribution >= 4 is 17.5 Å². The van der Waals surface area contributed by atoms with E-state index in [-0.39, 0.29) is 11.9 Å². The minimum atomic E-state index is -0.0945. The molecule has 0 saturated carbocycles. The van der Waals surface area contributed by atoms with Crippen molar-refractivity contribution in [1.82, 2.24) is 15.1 Å². The summed E-state index contributed by atoms with van der Waals surface area (Å²) < 4.78 is 7.21. The molecule has 0 spiro atoms. The molecule has 152 valence electrons. The van der Waals surface area contributed by atoms with Gasteiger partial charge in [0.15, 0.2) is 0 Å². The first-order valence-electron chi connectivity index (χ1n) is 9.63. The van der Waals surface area contributed by atoms with E-state index in [0.717, 1.165) is 34.0 Å². The van der Waals surface area contributed by atoms with Gasteiger partial charge in [-0.25, -0.2) is 4.68 Å². The van der Waals surface area contributed by atoms with E-state index in [9.17, 15) is 4.79 Å². The predicted octanol–water partition coefficient (Wildman–Crippen LogP) is 4.96. The monoisotopic (exact) mass is 411 g/mol. The minimum absolute atomic E-state index is 0.00501. The van der Waals surface area contributed by atoms with Crippen molar-refractivity contribution in [1.29, 1.82) is 0 Å². The highest BCUT2D eigenvalue weighted by atomic mass is 35.5. The molecule has 1 heterocycles. The molecule has 29 heavy (non-hydrogen) atoms. The number of amides is 1. The maximum atomic E-state index is 12.5. The summed E-state index contributed by atoms with van der Waals surface area (Å²) in [4.78, 5) is 12.5. The topological polar surface area (TPSA) is 56.2 Å². The molecule has 3 rings (SSSR count). The van der Waals surface area contributed by atoms with Gasteiger partial charge < -0.3 is 10.1 Å². The van der Waals surface area contributed by atoms with Crippen LogP contribution in [0.3, 0.4) is 0 Å². The first-order valence-corrected chi connectivity index (χ1v) is 10.0. The number of ether oxygens (including phenoxy) is 1. The maximum Gasteiger partial charge on any atom is 0.220 e. The number of aryl methyl sites for hydroxylation is 1. The van der Waals surface area contributed by atoms with Gasteiger partial charge in [0.25, 0.3) is 0 Å². The Morgan fingerprint density at radius 3 is 2.69 bits per heavy atom. The van der Waals surface area contributed by atoms with Crippen LogP contribution in [-0.2, 0) is 11.2 Å². The summed E-state index contributed by atoms with van der Waals surface area (Å²) in [6.07, 6.45) is 1.03. The normalized spacial score (nSPS) is 11.9. The van der Waals surface area contributed by atoms with E-state index in [1.54, 1.807) is 7.11 Å². The fourth-order valence-corrected chi connectivity index (χ4v) is 3.64. The average molecular weight is 412 g/mol. The van der Waals surface area contributed by atoms with E-state index >= 15 is 0 Å². The number of nitrogens with zero attached hydrogens (tertiary/aromatic N) is 2. The molecule has 1 amide bonds. The second-order valence-electron chi connectivity index (χ2n) is 7.11. The molecular weight excluding hydrogens is 386 g/mol. The number of rotatable bonds is 7. The fraction of sp³-hybridized carbons (Fsp3) is 0.304. The van der Waals surface area contributed by atoms with Crippen LogP contribution in [0.2, 0.25) is 5.02 Å². The highest BCUT2D eigenvalue weighted by Gasteiger charge is 2.16. The molecular formula is C23H26ClN3O2. The van der Waals surface area contributed by atoms with Gasteiger partial charge in [-0.3, -0.25) is 4.79 Å². The van der Waals surface area contributed by atoms with Gasteiger partial charge in [0, 0.05) is 23.2 Å². The number of methoxy groups -OCH3 is 1. The Bertz CT molecular complexity index is 1010. The number of nitrogens with one attached hydrogen (secondary N) is 1. The van der Waals surface area contributed by atoms with Crippen molar-refractivity contribution in [3.05, 3.63) is 76.1 Å². The zero-order chi connectivity index (χ0) is 21.0. The lowest BCUT2D eigenvalue weighted by Gasteiger charge is -2.14. The summed E-state index contributed by atoms with van der Waals surface area (Å²) in [6.45, 7) is 5.97. The van der Waals surface area contributed by atoms with Crippen LogP contribution in [0.25, 0.3) is 5.69 Å². The molecule has 0 aliphatic heterocycles. The lowest BCUT2D eigenvalue weighted by molar-refractivity contribution is -0.121. The first-order chi connectivity index (χ1) is 13.9. The van der Waals surface area contributed by atoms with Gasteiger partial charge in [0.1, 0.15) is 5.75 Å². The summed E-state index contributed by atoms with van der Waals surface area (Å²) in [5.41, 5.74) is 4.99. The third-order valence-corrected chi connectivity index (χ3v) is 5.30. The van der Waals surface area contributed by atoms with Gasteiger partial charge in [0.05, 0.1) is 24.5 Å². The van der Waals surface area contributed by atoms with Crippen LogP contribution in [0, 0.1) is 13.8 Å². The van der Waals surface area contributed by atoms with E-state index in [4.69, 9.17) is 16.3 Å². The number of hydrogen-bond acceptors (Lipinski definition) is 3. The number of halogens is 1. The van der Waals surface area contributed by atoms with Crippen LogP contribution in [0.4, 0.5) is 0 Å². The van der Waals surface area contributed by atoms with Gasteiger partial charge in [-0.2, -0.15) is 5.10 Å². The molecule has 1 aromatic heterocycles. The van der Waals surface area contributed by atoms with Crippen LogP contribution in [-0.4, -0.2) is 22.8 Å². The van der Waals surface area contributed by atoms with Gasteiger partial charge in [-0.15, -0.1) is 0 Å². The highest BCUT2D eigenvalue weighted by molar-refractivity contribution is 6.30. The van der Waals surface area contributed by atoms with Crippen LogP contribution < -0.4 is 10.1 Å². The molecule has 5 nitrogen and oxygen atoms in total. The maximum absolute atomic E-state index is 12.5. The molecule has 3 aromatic rings. The Morgan fingerprint density at radius 1 is 1.21 bits per heavy atom. The van der Waals surface area contributed by atoms with Gasteiger partial charge in [-0.05, 0) is 62.6 Å². The van der Waals surface area contributed by atoms with Crippen molar-refractivity contribution in [2.75, 3.05) is 7.11 Å². The molecule has 1 atom stereocenters. The lowest BCUT2D eigenvalue weighted by Crippen LogP contribution is -2.26. The summed E-state index contributed by atoms with van der Waals surface area (Å²) in [5, 5.41) is 8.38. The highest BCUT2D eigenvalue weighted by Crippen LogP contribution is 2.22. The molecule has 0 bridgehead atoms.